The van der Waals surface area contributed by atoms with Crippen molar-refractivity contribution in [2.75, 3.05) is 0 Å². The minimum Gasteiger partial charge on any atom is -0.473 e. The second-order valence-electron chi connectivity index (χ2n) is 2.85. The van der Waals surface area contributed by atoms with Gasteiger partial charge in [-0.3, -0.25) is 4.79 Å². The molecule has 0 radical (unpaired) electrons. The summed E-state index contributed by atoms with van der Waals surface area (Å²) < 4.78 is 10.3. The van der Waals surface area contributed by atoms with Crippen LogP contribution in [-0.2, 0) is 14.3 Å². The highest BCUT2D eigenvalue weighted by atomic mass is 16.7. The van der Waals surface area contributed by atoms with Crippen LogP contribution in [0.5, 0.6) is 0 Å². The Balaban J connectivity index is 2.87. The van der Waals surface area contributed by atoms with Crippen LogP contribution in [0.2, 0.25) is 0 Å². The summed E-state index contributed by atoms with van der Waals surface area (Å²) in [6, 6.07) is 0. The molecule has 0 saturated heterocycles. The van der Waals surface area contributed by atoms with Crippen molar-refractivity contribution in [3.05, 3.63) is 11.8 Å². The summed E-state index contributed by atoms with van der Waals surface area (Å²) in [5.74, 6) is 0. The van der Waals surface area contributed by atoms with E-state index in [2.05, 4.69) is 0 Å². The zero-order chi connectivity index (χ0) is 8.48. The Morgan fingerprint density at radius 3 is 2.82 bits per heavy atom. The van der Waals surface area contributed by atoms with Crippen LogP contribution in [0.25, 0.3) is 0 Å². The Morgan fingerprint density at radius 1 is 1.73 bits per heavy atom. The lowest BCUT2D eigenvalue weighted by molar-refractivity contribution is -0.177. The van der Waals surface area contributed by atoms with Crippen molar-refractivity contribution in [3.63, 3.8) is 0 Å². The largest absolute Gasteiger partial charge is 0.473 e. The molecule has 3 heteroatoms. The maximum Gasteiger partial charge on any atom is 0.197 e. The zero-order valence-electron chi connectivity index (χ0n) is 6.96. The highest BCUT2D eigenvalue weighted by Gasteiger charge is 2.32. The van der Waals surface area contributed by atoms with Crippen molar-refractivity contribution in [2.24, 2.45) is 0 Å². The van der Waals surface area contributed by atoms with Gasteiger partial charge >= 0.3 is 0 Å². The fourth-order valence-corrected chi connectivity index (χ4v) is 0.901. The molecule has 3 nitrogen and oxygen atoms in total. The average Bonchev–Trinajstić information content (AvgIpc) is 1.98. The van der Waals surface area contributed by atoms with Gasteiger partial charge in [-0.05, 0) is 20.8 Å². The molecular weight excluding hydrogens is 144 g/mol. The quantitative estimate of drug-likeness (QED) is 0.536. The van der Waals surface area contributed by atoms with E-state index in [0.717, 1.165) is 11.9 Å². The molecule has 62 valence electrons. The van der Waals surface area contributed by atoms with Gasteiger partial charge in [0, 0.05) is 5.57 Å². The van der Waals surface area contributed by atoms with Gasteiger partial charge in [0.05, 0.1) is 6.26 Å². The molecule has 2 atom stereocenters. The maximum atomic E-state index is 10.6. The van der Waals surface area contributed by atoms with E-state index in [4.69, 9.17) is 9.47 Å². The third kappa shape index (κ3) is 1.43. The lowest BCUT2D eigenvalue weighted by atomic mass is 9.99. The summed E-state index contributed by atoms with van der Waals surface area (Å²) >= 11 is 0. The van der Waals surface area contributed by atoms with E-state index in [0.29, 0.717) is 0 Å². The van der Waals surface area contributed by atoms with E-state index in [1.165, 1.54) is 0 Å². The number of hydrogen-bond donors (Lipinski definition) is 0. The van der Waals surface area contributed by atoms with Gasteiger partial charge in [0.2, 0.25) is 0 Å². The van der Waals surface area contributed by atoms with Crippen LogP contribution < -0.4 is 0 Å². The lowest BCUT2D eigenvalue weighted by Crippen LogP contribution is -2.39. The Kier molecular flexibility index (Phi) is 2.00. The van der Waals surface area contributed by atoms with Crippen LogP contribution in [0.3, 0.4) is 0 Å². The summed E-state index contributed by atoms with van der Waals surface area (Å²) in [5.41, 5.74) is 0.00287. The van der Waals surface area contributed by atoms with Gasteiger partial charge in [-0.25, -0.2) is 0 Å². The van der Waals surface area contributed by atoms with Gasteiger partial charge in [0.1, 0.15) is 5.60 Å². The van der Waals surface area contributed by atoms with Gasteiger partial charge in [-0.2, -0.15) is 0 Å². The van der Waals surface area contributed by atoms with E-state index in [1.54, 1.807) is 27.0 Å². The molecule has 1 aliphatic heterocycles. The van der Waals surface area contributed by atoms with Crippen LogP contribution in [0, 0.1) is 0 Å². The summed E-state index contributed by atoms with van der Waals surface area (Å²) in [6.45, 7) is 5.29. The number of hydrogen-bond acceptors (Lipinski definition) is 3. The summed E-state index contributed by atoms with van der Waals surface area (Å²) in [4.78, 5) is 10.6. The molecule has 1 aliphatic rings. The Morgan fingerprint density at radius 2 is 2.36 bits per heavy atom. The first-order valence-electron chi connectivity index (χ1n) is 3.55. The Bertz CT molecular complexity index is 198. The topological polar surface area (TPSA) is 35.5 Å². The molecule has 2 unspecified atom stereocenters. The van der Waals surface area contributed by atoms with Crippen LogP contribution >= 0.6 is 0 Å². The van der Waals surface area contributed by atoms with E-state index in [-0.39, 0.29) is 6.29 Å². The van der Waals surface area contributed by atoms with Gasteiger partial charge in [-0.1, -0.05) is 0 Å². The minimum atomic E-state index is -0.794. The minimum absolute atomic E-state index is 0.339. The van der Waals surface area contributed by atoms with Gasteiger partial charge in [0.15, 0.2) is 12.6 Å². The number of ether oxygens (including phenoxy) is 2. The first kappa shape index (κ1) is 8.27. The van der Waals surface area contributed by atoms with E-state index in [9.17, 15) is 4.79 Å². The molecule has 0 aliphatic carbocycles. The monoisotopic (exact) mass is 156 g/mol. The smallest absolute Gasteiger partial charge is 0.197 e. The fourth-order valence-electron chi connectivity index (χ4n) is 0.901. The molecule has 0 aromatic heterocycles. The standard InChI is InChI=1S/C8H12O3/c1-6-4-10-7(2)11-8(6,3)5-9/h4-5,7H,1-3H3. The lowest BCUT2D eigenvalue weighted by Gasteiger charge is -2.32. The third-order valence-corrected chi connectivity index (χ3v) is 1.86. The van der Waals surface area contributed by atoms with Crippen LogP contribution in [0.15, 0.2) is 11.8 Å². The number of carbonyl (C=O) groups is 1. The average molecular weight is 156 g/mol. The van der Waals surface area contributed by atoms with Gasteiger partial charge in [0.25, 0.3) is 0 Å². The summed E-state index contributed by atoms with van der Waals surface area (Å²) in [5, 5.41) is 0. The molecule has 11 heavy (non-hydrogen) atoms. The van der Waals surface area contributed by atoms with Crippen molar-refractivity contribution < 1.29 is 14.3 Å². The Hall–Kier alpha value is -0.830. The van der Waals surface area contributed by atoms with E-state index >= 15 is 0 Å². The molecule has 0 bridgehead atoms. The highest BCUT2D eigenvalue weighted by molar-refractivity contribution is 5.67. The van der Waals surface area contributed by atoms with Crippen LogP contribution in [0.4, 0.5) is 0 Å². The van der Waals surface area contributed by atoms with E-state index in [1.807, 2.05) is 0 Å². The van der Waals surface area contributed by atoms with Gasteiger partial charge < -0.3 is 9.47 Å². The van der Waals surface area contributed by atoms with Crippen molar-refractivity contribution in [3.8, 4) is 0 Å². The van der Waals surface area contributed by atoms with Crippen molar-refractivity contribution in [1.29, 1.82) is 0 Å². The molecule has 0 aromatic rings. The number of rotatable bonds is 1. The van der Waals surface area contributed by atoms with Crippen molar-refractivity contribution in [1.82, 2.24) is 0 Å². The van der Waals surface area contributed by atoms with Crippen LogP contribution in [0.1, 0.15) is 20.8 Å². The second kappa shape index (κ2) is 2.66. The fraction of sp³-hybridized carbons (Fsp3) is 0.625. The van der Waals surface area contributed by atoms with Gasteiger partial charge in [-0.15, -0.1) is 0 Å². The number of aldehydes is 1. The first-order chi connectivity index (χ1) is 5.08. The summed E-state index contributed by atoms with van der Waals surface area (Å²) in [6.07, 6.45) is 2.02. The Labute approximate surface area is 66.0 Å². The molecule has 0 saturated carbocycles. The highest BCUT2D eigenvalue weighted by Crippen LogP contribution is 2.25. The molecule has 0 amide bonds. The predicted octanol–water partition coefficient (Wildman–Crippen LogP) is 1.24. The molecule has 0 N–H and O–H groups in total. The molecule has 1 rings (SSSR count). The molecular formula is C8H12O3. The van der Waals surface area contributed by atoms with Crippen molar-refractivity contribution in [2.45, 2.75) is 32.7 Å². The SMILES string of the molecule is CC1=COC(C)OC1(C)C=O. The predicted molar refractivity (Wildman–Crippen MR) is 39.9 cm³/mol. The van der Waals surface area contributed by atoms with E-state index < -0.39 is 5.60 Å². The third-order valence-electron chi connectivity index (χ3n) is 1.86. The second-order valence-corrected chi connectivity index (χ2v) is 2.85. The maximum absolute atomic E-state index is 10.6. The zero-order valence-corrected chi connectivity index (χ0v) is 6.96. The molecule has 0 aromatic carbocycles. The normalized spacial score (nSPS) is 37.4. The van der Waals surface area contributed by atoms with Crippen molar-refractivity contribution >= 4 is 6.29 Å². The summed E-state index contributed by atoms with van der Waals surface area (Å²) in [7, 11) is 0. The molecule has 1 heterocycles. The van der Waals surface area contributed by atoms with Crippen LogP contribution in [-0.4, -0.2) is 18.2 Å². The first-order valence-corrected chi connectivity index (χ1v) is 3.55. The molecule has 0 fully saturated rings. The number of carbonyl (C=O) groups excluding carboxylic acids is 1. The molecule has 0 spiro atoms.